The van der Waals surface area contributed by atoms with E-state index in [0.29, 0.717) is 40.7 Å². The van der Waals surface area contributed by atoms with Crippen LogP contribution >= 0.6 is 23.1 Å². The van der Waals surface area contributed by atoms with Crippen molar-refractivity contribution >= 4 is 40.1 Å². The summed E-state index contributed by atoms with van der Waals surface area (Å²) in [7, 11) is 1.32. The van der Waals surface area contributed by atoms with Crippen LogP contribution in [0.5, 0.6) is 0 Å². The zero-order chi connectivity index (χ0) is 23.4. The number of aliphatic imine (C=N–C) groups is 1. The number of benzene rings is 1. The van der Waals surface area contributed by atoms with E-state index in [4.69, 9.17) is 4.74 Å². The van der Waals surface area contributed by atoms with Crippen LogP contribution in [0.4, 0.5) is 4.39 Å². The molecule has 0 radical (unpaired) electrons. The molecule has 1 aromatic heterocycles. The van der Waals surface area contributed by atoms with Gasteiger partial charge in [-0.15, -0.1) is 11.3 Å². The lowest BCUT2D eigenvalue weighted by Crippen LogP contribution is -2.38. The van der Waals surface area contributed by atoms with E-state index in [2.05, 4.69) is 10.3 Å². The highest BCUT2D eigenvalue weighted by molar-refractivity contribution is 8.16. The molecule has 0 fully saturated rings. The van der Waals surface area contributed by atoms with Crippen LogP contribution < -0.4 is 5.32 Å². The minimum atomic E-state index is -0.629. The van der Waals surface area contributed by atoms with Crippen LogP contribution in [0.3, 0.4) is 0 Å². The van der Waals surface area contributed by atoms with Gasteiger partial charge in [0.1, 0.15) is 5.82 Å². The molecule has 2 aliphatic heterocycles. The standard InChI is InChI=1S/C24H24FN3O3S2/c1-3-19-21(23(30)31-2)22(15-6-4-7-16(25)12-15)28-17(14-33-24(28)27-19)13-20(29)26-10-9-18-8-5-11-32-18/h4-8,11-12,14,22H,3,9-10,13H2,1-2H3,(H,26,29). The normalized spacial score (nSPS) is 17.4. The first-order chi connectivity index (χ1) is 16.0. The molecule has 9 heteroatoms. The van der Waals surface area contributed by atoms with Gasteiger partial charge in [0.05, 0.1) is 30.8 Å². The molecule has 1 amide bonds. The summed E-state index contributed by atoms with van der Waals surface area (Å²) in [5, 5.41) is 7.51. The number of hydrogen-bond acceptors (Lipinski definition) is 7. The predicted octanol–water partition coefficient (Wildman–Crippen LogP) is 4.77. The van der Waals surface area contributed by atoms with Gasteiger partial charge in [-0.3, -0.25) is 4.79 Å². The Morgan fingerprint density at radius 3 is 2.82 bits per heavy atom. The van der Waals surface area contributed by atoms with Crippen molar-refractivity contribution in [1.82, 2.24) is 10.2 Å². The number of amides is 1. The summed E-state index contributed by atoms with van der Waals surface area (Å²) in [5.74, 6) is -1.04. The maximum absolute atomic E-state index is 14.2. The molecular weight excluding hydrogens is 461 g/mol. The van der Waals surface area contributed by atoms with Crippen molar-refractivity contribution in [1.29, 1.82) is 0 Å². The number of thioether (sulfide) groups is 1. The molecule has 3 heterocycles. The van der Waals surface area contributed by atoms with Crippen LogP contribution in [-0.2, 0) is 20.7 Å². The summed E-state index contributed by atoms with van der Waals surface area (Å²) in [6, 6.07) is 9.55. The first kappa shape index (κ1) is 23.3. The number of esters is 1. The molecule has 0 aliphatic carbocycles. The second-order valence-electron chi connectivity index (χ2n) is 7.51. The van der Waals surface area contributed by atoms with Gasteiger partial charge in [-0.1, -0.05) is 36.9 Å². The quantitative estimate of drug-likeness (QED) is 0.545. The molecule has 1 atom stereocenters. The number of halogens is 1. The minimum absolute atomic E-state index is 0.123. The second-order valence-corrected chi connectivity index (χ2v) is 9.38. The van der Waals surface area contributed by atoms with Crippen LogP contribution in [0, 0.1) is 5.82 Å². The van der Waals surface area contributed by atoms with E-state index in [1.807, 2.05) is 34.7 Å². The van der Waals surface area contributed by atoms with Crippen LogP contribution in [0.2, 0.25) is 0 Å². The molecule has 0 bridgehead atoms. The van der Waals surface area contributed by atoms with Crippen molar-refractivity contribution < 1.29 is 18.7 Å². The molecule has 1 unspecified atom stereocenters. The number of carbonyl (C=O) groups is 2. The Kier molecular flexibility index (Phi) is 7.29. The Hall–Kier alpha value is -2.91. The Bertz CT molecular complexity index is 1140. The van der Waals surface area contributed by atoms with Crippen LogP contribution in [-0.4, -0.2) is 35.6 Å². The van der Waals surface area contributed by atoms with Gasteiger partial charge < -0.3 is 15.0 Å². The monoisotopic (exact) mass is 485 g/mol. The average Bonchev–Trinajstić information content (AvgIpc) is 3.47. The Balaban J connectivity index is 1.59. The molecule has 2 aliphatic rings. The number of ether oxygens (including phenoxy) is 1. The molecule has 1 N–H and O–H groups in total. The fourth-order valence-electron chi connectivity index (χ4n) is 3.91. The number of hydrogen-bond donors (Lipinski definition) is 1. The third kappa shape index (κ3) is 5.04. The zero-order valence-corrected chi connectivity index (χ0v) is 20.0. The number of fused-ring (bicyclic) bond motifs is 1. The summed E-state index contributed by atoms with van der Waals surface area (Å²) in [5.41, 5.74) is 2.27. The molecule has 0 saturated carbocycles. The van der Waals surface area contributed by atoms with Crippen molar-refractivity contribution in [2.24, 2.45) is 4.99 Å². The Morgan fingerprint density at radius 2 is 2.12 bits per heavy atom. The molecular formula is C24H24FN3O3S2. The fraction of sp³-hybridized carbons (Fsp3) is 0.292. The van der Waals surface area contributed by atoms with Gasteiger partial charge in [0, 0.05) is 17.1 Å². The van der Waals surface area contributed by atoms with Gasteiger partial charge in [0.15, 0.2) is 5.17 Å². The maximum Gasteiger partial charge on any atom is 0.338 e. The van der Waals surface area contributed by atoms with E-state index in [1.54, 1.807) is 23.5 Å². The van der Waals surface area contributed by atoms with Gasteiger partial charge in [-0.2, -0.15) is 0 Å². The lowest BCUT2D eigenvalue weighted by atomic mass is 9.93. The lowest BCUT2D eigenvalue weighted by Gasteiger charge is -2.36. The van der Waals surface area contributed by atoms with Gasteiger partial charge in [0.25, 0.3) is 0 Å². The van der Waals surface area contributed by atoms with E-state index >= 15 is 0 Å². The second kappa shape index (κ2) is 10.4. The van der Waals surface area contributed by atoms with Crippen LogP contribution in [0.25, 0.3) is 0 Å². The van der Waals surface area contributed by atoms with Crippen molar-refractivity contribution in [3.63, 3.8) is 0 Å². The molecule has 0 saturated heterocycles. The van der Waals surface area contributed by atoms with Gasteiger partial charge >= 0.3 is 5.97 Å². The lowest BCUT2D eigenvalue weighted by molar-refractivity contribution is -0.136. The first-order valence-corrected chi connectivity index (χ1v) is 12.4. The number of thiophene rings is 1. The molecule has 33 heavy (non-hydrogen) atoms. The van der Waals surface area contributed by atoms with Crippen molar-refractivity contribution in [3.8, 4) is 0 Å². The van der Waals surface area contributed by atoms with Crippen LogP contribution in [0.1, 0.15) is 36.2 Å². The maximum atomic E-state index is 14.2. The summed E-state index contributed by atoms with van der Waals surface area (Å²) in [4.78, 5) is 33.2. The SMILES string of the molecule is CCC1=C(C(=O)OC)C(c2cccc(F)c2)N2C(CC(=O)NCCc3cccs3)=CSC2=N1. The molecule has 1 aromatic carbocycles. The van der Waals surface area contributed by atoms with Gasteiger partial charge in [-0.05, 0) is 47.4 Å². The molecule has 6 nitrogen and oxygen atoms in total. The number of carbonyl (C=O) groups excluding carboxylic acids is 2. The van der Waals surface area contributed by atoms with E-state index in [-0.39, 0.29) is 12.3 Å². The van der Waals surface area contributed by atoms with E-state index < -0.39 is 17.8 Å². The Morgan fingerprint density at radius 1 is 1.27 bits per heavy atom. The predicted molar refractivity (Wildman–Crippen MR) is 129 cm³/mol. The van der Waals surface area contributed by atoms with Crippen molar-refractivity contribution in [3.05, 3.63) is 80.4 Å². The Labute approximate surface area is 200 Å². The van der Waals surface area contributed by atoms with E-state index in [1.165, 1.54) is 35.9 Å². The number of amidine groups is 1. The summed E-state index contributed by atoms with van der Waals surface area (Å²) in [6.45, 7) is 2.46. The number of nitrogens with one attached hydrogen (secondary N) is 1. The number of allylic oxidation sites excluding steroid dienone is 1. The van der Waals surface area contributed by atoms with Crippen molar-refractivity contribution in [2.75, 3.05) is 13.7 Å². The van der Waals surface area contributed by atoms with Gasteiger partial charge in [-0.25, -0.2) is 14.2 Å². The summed E-state index contributed by atoms with van der Waals surface area (Å²) < 4.78 is 19.2. The van der Waals surface area contributed by atoms with E-state index in [9.17, 15) is 14.0 Å². The largest absolute Gasteiger partial charge is 0.466 e. The highest BCUT2D eigenvalue weighted by Crippen LogP contribution is 2.45. The molecule has 172 valence electrons. The number of methoxy groups -OCH3 is 1. The third-order valence-corrected chi connectivity index (χ3v) is 7.23. The minimum Gasteiger partial charge on any atom is -0.466 e. The highest BCUT2D eigenvalue weighted by atomic mass is 32.2. The topological polar surface area (TPSA) is 71.0 Å². The van der Waals surface area contributed by atoms with E-state index in [0.717, 1.165) is 6.42 Å². The van der Waals surface area contributed by atoms with Gasteiger partial charge in [0.2, 0.25) is 5.91 Å². The van der Waals surface area contributed by atoms with Crippen LogP contribution in [0.15, 0.2) is 69.1 Å². The fourth-order valence-corrected chi connectivity index (χ4v) is 5.56. The third-order valence-electron chi connectivity index (χ3n) is 5.41. The highest BCUT2D eigenvalue weighted by Gasteiger charge is 2.41. The number of rotatable bonds is 8. The first-order valence-electron chi connectivity index (χ1n) is 10.6. The molecule has 0 spiro atoms. The zero-order valence-electron chi connectivity index (χ0n) is 18.3. The molecule has 2 aromatic rings. The smallest absolute Gasteiger partial charge is 0.338 e. The average molecular weight is 486 g/mol. The summed E-state index contributed by atoms with van der Waals surface area (Å²) >= 11 is 3.06. The summed E-state index contributed by atoms with van der Waals surface area (Å²) in [6.07, 6.45) is 1.42. The molecule has 4 rings (SSSR count). The van der Waals surface area contributed by atoms with Crippen molar-refractivity contribution in [2.45, 2.75) is 32.2 Å². The number of nitrogens with zero attached hydrogens (tertiary/aromatic N) is 2.